The van der Waals surface area contributed by atoms with Crippen LogP contribution in [0.3, 0.4) is 0 Å². The molecule has 4 rings (SSSR count). The first-order valence-electron chi connectivity index (χ1n) is 6.44. The van der Waals surface area contributed by atoms with Crippen LogP contribution in [0.15, 0.2) is 60.7 Å². The Hall–Kier alpha value is -1.32. The predicted octanol–water partition coefficient (Wildman–Crippen LogP) is 6.40. The largest absolute Gasteiger partial charge is 0.0836 e. The number of hydrogen-bond donors (Lipinski definition) is 0. The number of fused-ring (bicyclic) bond motifs is 6. The molecule has 0 atom stereocenters. The smallest absolute Gasteiger partial charge is 0.0490 e. The van der Waals surface area contributed by atoms with E-state index in [0.717, 1.165) is 10.4 Å². The first kappa shape index (κ1) is 12.4. The van der Waals surface area contributed by atoms with Crippen LogP contribution in [0.25, 0.3) is 32.3 Å². The van der Waals surface area contributed by atoms with Gasteiger partial charge in [-0.2, -0.15) is 0 Å². The topological polar surface area (TPSA) is 0 Å². The molecular weight excluding hydrogens is 379 g/mol. The highest BCUT2D eigenvalue weighted by atomic mass is 127. The maximum Gasteiger partial charge on any atom is 0.0490 e. The molecular formula is C18H10ClI. The predicted molar refractivity (Wildman–Crippen MR) is 96.7 cm³/mol. The van der Waals surface area contributed by atoms with Crippen LogP contribution in [0.5, 0.6) is 0 Å². The SMILES string of the molecule is Clc1cccc2c3cc(I)ccc3c3ccccc3c12. The van der Waals surface area contributed by atoms with Crippen LogP contribution in [0.2, 0.25) is 5.02 Å². The Labute approximate surface area is 135 Å². The minimum atomic E-state index is 0.819. The van der Waals surface area contributed by atoms with Gasteiger partial charge in [-0.15, -0.1) is 0 Å². The van der Waals surface area contributed by atoms with Crippen molar-refractivity contribution in [3.05, 3.63) is 69.3 Å². The highest BCUT2D eigenvalue weighted by molar-refractivity contribution is 14.1. The first-order chi connectivity index (χ1) is 9.75. The Morgan fingerprint density at radius 1 is 0.650 bits per heavy atom. The van der Waals surface area contributed by atoms with Crippen molar-refractivity contribution in [2.75, 3.05) is 0 Å². The maximum absolute atomic E-state index is 6.47. The van der Waals surface area contributed by atoms with E-state index in [0.29, 0.717) is 0 Å². The Morgan fingerprint density at radius 3 is 2.15 bits per heavy atom. The van der Waals surface area contributed by atoms with Gasteiger partial charge in [-0.25, -0.2) is 0 Å². The average Bonchev–Trinajstić information content (AvgIpc) is 2.47. The lowest BCUT2D eigenvalue weighted by Crippen LogP contribution is -1.84. The van der Waals surface area contributed by atoms with Crippen molar-refractivity contribution in [2.45, 2.75) is 0 Å². The Morgan fingerprint density at radius 2 is 1.30 bits per heavy atom. The molecule has 4 aromatic rings. The van der Waals surface area contributed by atoms with Crippen molar-refractivity contribution in [2.24, 2.45) is 0 Å². The van der Waals surface area contributed by atoms with Gasteiger partial charge < -0.3 is 0 Å². The second-order valence-electron chi connectivity index (χ2n) is 4.90. The summed E-state index contributed by atoms with van der Waals surface area (Å²) >= 11 is 8.83. The van der Waals surface area contributed by atoms with Gasteiger partial charge >= 0.3 is 0 Å². The van der Waals surface area contributed by atoms with Gasteiger partial charge in [0.05, 0.1) is 0 Å². The van der Waals surface area contributed by atoms with Gasteiger partial charge in [-0.3, -0.25) is 0 Å². The fourth-order valence-electron chi connectivity index (χ4n) is 2.93. The van der Waals surface area contributed by atoms with Crippen LogP contribution in [0, 0.1) is 3.57 Å². The van der Waals surface area contributed by atoms with Crippen molar-refractivity contribution in [3.63, 3.8) is 0 Å². The van der Waals surface area contributed by atoms with E-state index in [-0.39, 0.29) is 0 Å². The molecule has 0 saturated heterocycles. The lowest BCUT2D eigenvalue weighted by atomic mass is 9.94. The van der Waals surface area contributed by atoms with E-state index in [2.05, 4.69) is 71.1 Å². The molecule has 0 aliphatic rings. The molecule has 0 aromatic heterocycles. The van der Waals surface area contributed by atoms with E-state index in [9.17, 15) is 0 Å². The number of hydrogen-bond acceptors (Lipinski definition) is 0. The summed E-state index contributed by atoms with van der Waals surface area (Å²) < 4.78 is 1.24. The quantitative estimate of drug-likeness (QED) is 0.241. The molecule has 0 saturated carbocycles. The maximum atomic E-state index is 6.47. The Balaban J connectivity index is 2.45. The molecule has 0 aliphatic heterocycles. The van der Waals surface area contributed by atoms with Crippen molar-refractivity contribution >= 4 is 66.5 Å². The number of rotatable bonds is 0. The van der Waals surface area contributed by atoms with E-state index in [1.54, 1.807) is 0 Å². The van der Waals surface area contributed by atoms with E-state index < -0.39 is 0 Å². The van der Waals surface area contributed by atoms with Gasteiger partial charge in [0, 0.05) is 14.0 Å². The molecule has 0 fully saturated rings. The van der Waals surface area contributed by atoms with Crippen LogP contribution in [0.1, 0.15) is 0 Å². The van der Waals surface area contributed by atoms with E-state index in [1.807, 2.05) is 12.1 Å². The second kappa shape index (κ2) is 4.61. The normalized spacial score (nSPS) is 11.5. The van der Waals surface area contributed by atoms with E-state index >= 15 is 0 Å². The molecule has 0 amide bonds. The molecule has 0 spiro atoms. The Bertz CT molecular complexity index is 973. The summed E-state index contributed by atoms with van der Waals surface area (Å²) in [7, 11) is 0. The van der Waals surface area contributed by atoms with Crippen LogP contribution < -0.4 is 0 Å². The molecule has 2 heteroatoms. The molecule has 0 N–H and O–H groups in total. The fourth-order valence-corrected chi connectivity index (χ4v) is 3.70. The summed E-state index contributed by atoms with van der Waals surface area (Å²) in [6, 6.07) is 21.2. The van der Waals surface area contributed by atoms with Crippen LogP contribution in [0.4, 0.5) is 0 Å². The lowest BCUT2D eigenvalue weighted by Gasteiger charge is -2.11. The van der Waals surface area contributed by atoms with Gasteiger partial charge in [0.25, 0.3) is 0 Å². The molecule has 96 valence electrons. The number of benzene rings is 4. The van der Waals surface area contributed by atoms with Gasteiger partial charge in [-0.05, 0) is 67.7 Å². The second-order valence-corrected chi connectivity index (χ2v) is 6.55. The molecule has 0 nitrogen and oxygen atoms in total. The van der Waals surface area contributed by atoms with Gasteiger partial charge in [0.2, 0.25) is 0 Å². The summed E-state index contributed by atoms with van der Waals surface area (Å²) in [6.45, 7) is 0. The van der Waals surface area contributed by atoms with Gasteiger partial charge in [0.15, 0.2) is 0 Å². The Kier molecular flexibility index (Phi) is 2.86. The summed E-state index contributed by atoms with van der Waals surface area (Å²) in [4.78, 5) is 0. The standard InChI is InChI=1S/C18H10ClI/c19-17-7-3-6-15-16-10-11(20)8-9-13(16)12-4-1-2-5-14(12)18(15)17/h1-10H. The lowest BCUT2D eigenvalue weighted by molar-refractivity contribution is 1.73. The van der Waals surface area contributed by atoms with Gasteiger partial charge in [0.1, 0.15) is 0 Å². The molecule has 0 radical (unpaired) electrons. The van der Waals surface area contributed by atoms with E-state index in [4.69, 9.17) is 11.6 Å². The monoisotopic (exact) mass is 388 g/mol. The minimum absolute atomic E-state index is 0.819. The third kappa shape index (κ3) is 1.73. The fraction of sp³-hybridized carbons (Fsp3) is 0. The molecule has 4 aromatic carbocycles. The van der Waals surface area contributed by atoms with Crippen molar-refractivity contribution in [3.8, 4) is 0 Å². The molecule has 0 aliphatic carbocycles. The highest BCUT2D eigenvalue weighted by Gasteiger charge is 2.10. The minimum Gasteiger partial charge on any atom is -0.0836 e. The summed E-state index contributed by atoms with van der Waals surface area (Å²) in [5, 5.41) is 8.24. The first-order valence-corrected chi connectivity index (χ1v) is 7.89. The summed E-state index contributed by atoms with van der Waals surface area (Å²) in [6.07, 6.45) is 0. The summed E-state index contributed by atoms with van der Waals surface area (Å²) in [5.74, 6) is 0. The third-order valence-electron chi connectivity index (χ3n) is 3.77. The molecule has 0 heterocycles. The van der Waals surface area contributed by atoms with E-state index in [1.165, 1.54) is 30.5 Å². The zero-order valence-electron chi connectivity index (χ0n) is 10.5. The zero-order chi connectivity index (χ0) is 13.7. The van der Waals surface area contributed by atoms with Crippen LogP contribution >= 0.6 is 34.2 Å². The van der Waals surface area contributed by atoms with Crippen molar-refractivity contribution < 1.29 is 0 Å². The molecule has 0 unspecified atom stereocenters. The van der Waals surface area contributed by atoms with Crippen LogP contribution in [-0.2, 0) is 0 Å². The molecule has 20 heavy (non-hydrogen) atoms. The van der Waals surface area contributed by atoms with Gasteiger partial charge in [-0.1, -0.05) is 54.1 Å². The number of halogens is 2. The van der Waals surface area contributed by atoms with Crippen molar-refractivity contribution in [1.82, 2.24) is 0 Å². The zero-order valence-corrected chi connectivity index (χ0v) is 13.4. The molecule has 0 bridgehead atoms. The summed E-state index contributed by atoms with van der Waals surface area (Å²) in [5.41, 5.74) is 0. The highest BCUT2D eigenvalue weighted by Crippen LogP contribution is 2.38. The van der Waals surface area contributed by atoms with Crippen LogP contribution in [-0.4, -0.2) is 0 Å². The average molecular weight is 389 g/mol. The van der Waals surface area contributed by atoms with Crippen molar-refractivity contribution in [1.29, 1.82) is 0 Å². The third-order valence-corrected chi connectivity index (χ3v) is 4.76.